The zero-order chi connectivity index (χ0) is 21.2. The van der Waals surface area contributed by atoms with Gasteiger partial charge < -0.3 is 10.2 Å². The fourth-order valence-corrected chi connectivity index (χ4v) is 3.24. The number of nitrogens with zero attached hydrogens (tertiary/aromatic N) is 2. The van der Waals surface area contributed by atoms with Crippen LogP contribution in [-0.4, -0.2) is 30.2 Å². The van der Waals surface area contributed by atoms with Crippen molar-refractivity contribution in [2.75, 3.05) is 18.0 Å². The Morgan fingerprint density at radius 3 is 2.41 bits per heavy atom. The van der Waals surface area contributed by atoms with Gasteiger partial charge in [0.2, 0.25) is 5.91 Å². The molecule has 2 heterocycles. The van der Waals surface area contributed by atoms with E-state index >= 15 is 0 Å². The van der Waals surface area contributed by atoms with Gasteiger partial charge in [0.15, 0.2) is 0 Å². The number of alkyl halides is 6. The molecule has 1 N–H and O–H groups in total. The monoisotopic (exact) mass is 417 g/mol. The van der Waals surface area contributed by atoms with Gasteiger partial charge >= 0.3 is 12.4 Å². The lowest BCUT2D eigenvalue weighted by atomic mass is 9.95. The highest BCUT2D eigenvalue weighted by molar-refractivity contribution is 5.76. The zero-order valence-electron chi connectivity index (χ0n) is 15.0. The van der Waals surface area contributed by atoms with Crippen molar-refractivity contribution in [2.24, 2.45) is 5.92 Å². The second-order valence-electron chi connectivity index (χ2n) is 6.79. The minimum atomic E-state index is -4.59. The lowest BCUT2D eigenvalue weighted by Crippen LogP contribution is -2.40. The van der Waals surface area contributed by atoms with Gasteiger partial charge in [-0.15, -0.1) is 0 Å². The molecule has 0 bridgehead atoms. The SMILES string of the molecule is O=C(CC(F)(F)F)NC[C@@H]1Cc2ncccc2N(c2ccc(C(F)(F)F)cc2)C1. The van der Waals surface area contributed by atoms with E-state index in [9.17, 15) is 31.1 Å². The van der Waals surface area contributed by atoms with E-state index in [1.165, 1.54) is 12.1 Å². The van der Waals surface area contributed by atoms with Crippen LogP contribution in [-0.2, 0) is 17.4 Å². The first kappa shape index (κ1) is 20.9. The molecule has 1 aromatic carbocycles. The molecule has 3 rings (SSSR count). The number of aromatic nitrogens is 1. The van der Waals surface area contributed by atoms with Gasteiger partial charge in [0.1, 0.15) is 6.42 Å². The summed E-state index contributed by atoms with van der Waals surface area (Å²) in [5, 5.41) is 2.28. The van der Waals surface area contributed by atoms with Crippen LogP contribution in [0.3, 0.4) is 0 Å². The molecule has 1 amide bonds. The molecule has 1 aromatic heterocycles. The van der Waals surface area contributed by atoms with Gasteiger partial charge in [-0.05, 0) is 48.7 Å². The van der Waals surface area contributed by atoms with E-state index in [1.807, 2.05) is 0 Å². The van der Waals surface area contributed by atoms with Crippen LogP contribution in [0.5, 0.6) is 0 Å². The minimum absolute atomic E-state index is 0.00205. The molecule has 0 fully saturated rings. The van der Waals surface area contributed by atoms with Crippen molar-refractivity contribution in [3.8, 4) is 0 Å². The molecular weight excluding hydrogens is 400 g/mol. The van der Waals surface area contributed by atoms with Crippen molar-refractivity contribution < 1.29 is 31.1 Å². The van der Waals surface area contributed by atoms with Crippen molar-refractivity contribution in [1.29, 1.82) is 0 Å². The number of carbonyl (C=O) groups is 1. The van der Waals surface area contributed by atoms with Crippen LogP contribution in [0, 0.1) is 5.92 Å². The predicted molar refractivity (Wildman–Crippen MR) is 93.6 cm³/mol. The first-order valence-electron chi connectivity index (χ1n) is 8.75. The van der Waals surface area contributed by atoms with Gasteiger partial charge in [0.25, 0.3) is 0 Å². The van der Waals surface area contributed by atoms with E-state index in [0.29, 0.717) is 30.0 Å². The number of anilines is 2. The number of rotatable bonds is 4. The Morgan fingerprint density at radius 1 is 1.10 bits per heavy atom. The Morgan fingerprint density at radius 2 is 1.79 bits per heavy atom. The lowest BCUT2D eigenvalue weighted by Gasteiger charge is -2.35. The summed E-state index contributed by atoms with van der Waals surface area (Å²) < 4.78 is 75.4. The Bertz CT molecular complexity index is 863. The fraction of sp³-hybridized carbons (Fsp3) is 0.368. The number of hydrogen-bond acceptors (Lipinski definition) is 3. The first-order chi connectivity index (χ1) is 13.5. The van der Waals surface area contributed by atoms with E-state index in [4.69, 9.17) is 0 Å². The summed E-state index contributed by atoms with van der Waals surface area (Å²) in [5.41, 5.74) is 1.10. The number of nitrogens with one attached hydrogen (secondary N) is 1. The highest BCUT2D eigenvalue weighted by atomic mass is 19.4. The highest BCUT2D eigenvalue weighted by Crippen LogP contribution is 2.36. The molecule has 10 heteroatoms. The quantitative estimate of drug-likeness (QED) is 0.747. The van der Waals surface area contributed by atoms with E-state index in [0.717, 1.165) is 12.1 Å². The smallest absolute Gasteiger partial charge is 0.355 e. The van der Waals surface area contributed by atoms with E-state index in [-0.39, 0.29) is 12.5 Å². The second-order valence-corrected chi connectivity index (χ2v) is 6.79. The van der Waals surface area contributed by atoms with E-state index in [1.54, 1.807) is 23.2 Å². The van der Waals surface area contributed by atoms with Gasteiger partial charge in [0.05, 0.1) is 16.9 Å². The molecule has 156 valence electrons. The molecule has 0 unspecified atom stereocenters. The van der Waals surface area contributed by atoms with Gasteiger partial charge in [-0.25, -0.2) is 0 Å². The van der Waals surface area contributed by atoms with Crippen molar-refractivity contribution in [3.05, 3.63) is 53.9 Å². The number of benzene rings is 1. The molecule has 0 radical (unpaired) electrons. The summed E-state index contributed by atoms with van der Waals surface area (Å²) in [6, 6.07) is 8.09. The Hall–Kier alpha value is -2.78. The van der Waals surface area contributed by atoms with E-state index < -0.39 is 30.2 Å². The third-order valence-electron chi connectivity index (χ3n) is 4.54. The standard InChI is InChI=1S/C19H17F6N3O/c20-18(21,22)9-17(29)27-10-12-8-15-16(2-1-7-26-15)28(11-12)14-5-3-13(4-6-14)19(23,24)25/h1-7,12H,8-11H2,(H,27,29)/t12-/m0/s1. The highest BCUT2D eigenvalue weighted by Gasteiger charge is 2.33. The topological polar surface area (TPSA) is 45.2 Å². The predicted octanol–water partition coefficient (Wildman–Crippen LogP) is 4.48. The third-order valence-corrected chi connectivity index (χ3v) is 4.54. The van der Waals surface area contributed by atoms with Crippen molar-refractivity contribution in [3.63, 3.8) is 0 Å². The number of halogens is 6. The van der Waals surface area contributed by atoms with Gasteiger partial charge in [-0.3, -0.25) is 9.78 Å². The van der Waals surface area contributed by atoms with Crippen LogP contribution in [0.25, 0.3) is 0 Å². The molecule has 0 spiro atoms. The maximum atomic E-state index is 12.8. The molecule has 0 saturated carbocycles. The minimum Gasteiger partial charge on any atom is -0.355 e. The third kappa shape index (κ3) is 5.39. The van der Waals surface area contributed by atoms with Crippen LogP contribution >= 0.6 is 0 Å². The number of carbonyl (C=O) groups excluding carboxylic acids is 1. The normalized spacial score (nSPS) is 17.0. The number of fused-ring (bicyclic) bond motifs is 1. The van der Waals surface area contributed by atoms with Gasteiger partial charge in [0, 0.05) is 25.0 Å². The van der Waals surface area contributed by atoms with Crippen LogP contribution in [0.2, 0.25) is 0 Å². The molecule has 2 aromatic rings. The molecule has 0 saturated heterocycles. The summed E-state index contributed by atoms with van der Waals surface area (Å²) in [5.74, 6) is -1.37. The summed E-state index contributed by atoms with van der Waals surface area (Å²) >= 11 is 0. The molecular formula is C19H17F6N3O. The van der Waals surface area contributed by atoms with E-state index in [2.05, 4.69) is 10.3 Å². The Labute approximate surface area is 162 Å². The van der Waals surface area contributed by atoms with Gasteiger partial charge in [-0.2, -0.15) is 26.3 Å². The number of pyridine rings is 1. The zero-order valence-corrected chi connectivity index (χ0v) is 15.0. The number of hydrogen-bond donors (Lipinski definition) is 1. The van der Waals surface area contributed by atoms with Gasteiger partial charge in [-0.1, -0.05) is 0 Å². The molecule has 29 heavy (non-hydrogen) atoms. The summed E-state index contributed by atoms with van der Waals surface area (Å²) in [4.78, 5) is 17.5. The maximum Gasteiger partial charge on any atom is 0.416 e. The lowest BCUT2D eigenvalue weighted by molar-refractivity contribution is -0.153. The largest absolute Gasteiger partial charge is 0.416 e. The summed E-state index contributed by atoms with van der Waals surface area (Å²) in [6.45, 7) is 0.318. The molecule has 1 aliphatic heterocycles. The Balaban J connectivity index is 1.77. The van der Waals surface area contributed by atoms with Crippen LogP contribution in [0.4, 0.5) is 37.7 Å². The maximum absolute atomic E-state index is 12.8. The fourth-order valence-electron chi connectivity index (χ4n) is 3.24. The van der Waals surface area contributed by atoms with Crippen LogP contribution in [0.1, 0.15) is 17.7 Å². The first-order valence-corrected chi connectivity index (χ1v) is 8.75. The summed E-state index contributed by atoms with van der Waals surface area (Å²) in [7, 11) is 0. The average Bonchev–Trinajstić information content (AvgIpc) is 2.64. The molecule has 1 aliphatic rings. The van der Waals surface area contributed by atoms with Crippen molar-refractivity contribution in [2.45, 2.75) is 25.2 Å². The van der Waals surface area contributed by atoms with Crippen LogP contribution < -0.4 is 10.2 Å². The van der Waals surface area contributed by atoms with Crippen molar-refractivity contribution >= 4 is 17.3 Å². The number of amides is 1. The average molecular weight is 417 g/mol. The molecule has 4 nitrogen and oxygen atoms in total. The molecule has 0 aliphatic carbocycles. The van der Waals surface area contributed by atoms with Crippen LogP contribution in [0.15, 0.2) is 42.6 Å². The van der Waals surface area contributed by atoms with Crippen molar-refractivity contribution in [1.82, 2.24) is 10.3 Å². The second kappa shape index (κ2) is 7.92. The Kier molecular flexibility index (Phi) is 5.72. The summed E-state index contributed by atoms with van der Waals surface area (Å²) in [6.07, 6.45) is -8.60. The molecule has 1 atom stereocenters.